The normalized spacial score (nSPS) is 15.2. The standard InChI is InChI=1S/C31H29N3O5/c1-18(2)24-14-20(16-32)15-25-28(24)39-30(34-25)23-10-8-22(9-11-23)29(35)33-17-19-4-6-21(7-5-19)26-12-13-27(38-26)31(36)37-3/h6,8-15,18-19H,4-5,7,17H2,1-3H3,(H,33,35)/t19-/m1/s1. The van der Waals surface area contributed by atoms with Crippen molar-refractivity contribution in [3.63, 3.8) is 0 Å². The number of ether oxygens (including phenoxy) is 1. The summed E-state index contributed by atoms with van der Waals surface area (Å²) in [6.07, 6.45) is 4.64. The molecule has 2 heterocycles. The van der Waals surface area contributed by atoms with Gasteiger partial charge in [0, 0.05) is 23.2 Å². The Hall–Kier alpha value is -4.64. The van der Waals surface area contributed by atoms with Crippen molar-refractivity contribution >= 4 is 28.5 Å². The monoisotopic (exact) mass is 523 g/mol. The summed E-state index contributed by atoms with van der Waals surface area (Å²) >= 11 is 0. The van der Waals surface area contributed by atoms with Crippen LogP contribution in [0, 0.1) is 17.2 Å². The Labute approximate surface area is 226 Å². The molecule has 2 aromatic heterocycles. The van der Waals surface area contributed by atoms with Crippen LogP contribution in [0.5, 0.6) is 0 Å². The van der Waals surface area contributed by atoms with Crippen LogP contribution in [0.25, 0.3) is 28.1 Å². The Morgan fingerprint density at radius 2 is 1.95 bits per heavy atom. The molecular formula is C31H29N3O5. The summed E-state index contributed by atoms with van der Waals surface area (Å²) in [5.74, 6) is 1.21. The van der Waals surface area contributed by atoms with E-state index in [1.807, 2.05) is 18.2 Å². The quantitative estimate of drug-likeness (QED) is 0.275. The predicted octanol–water partition coefficient (Wildman–Crippen LogP) is 6.48. The van der Waals surface area contributed by atoms with Crippen molar-refractivity contribution in [2.75, 3.05) is 13.7 Å². The van der Waals surface area contributed by atoms with E-state index in [-0.39, 0.29) is 17.6 Å². The summed E-state index contributed by atoms with van der Waals surface area (Å²) in [5, 5.41) is 12.4. The average molecular weight is 524 g/mol. The molecule has 1 atom stereocenters. The molecule has 198 valence electrons. The first-order valence-electron chi connectivity index (χ1n) is 13.0. The molecule has 8 heteroatoms. The Bertz CT molecular complexity index is 1600. The molecule has 0 bridgehead atoms. The van der Waals surface area contributed by atoms with E-state index in [1.54, 1.807) is 30.3 Å². The van der Waals surface area contributed by atoms with Crippen molar-refractivity contribution in [1.29, 1.82) is 5.26 Å². The van der Waals surface area contributed by atoms with Gasteiger partial charge in [-0.25, -0.2) is 9.78 Å². The molecule has 39 heavy (non-hydrogen) atoms. The number of aromatic nitrogens is 1. The van der Waals surface area contributed by atoms with Crippen molar-refractivity contribution in [3.05, 3.63) is 82.8 Å². The van der Waals surface area contributed by atoms with Crippen molar-refractivity contribution < 1.29 is 23.2 Å². The minimum Gasteiger partial charge on any atom is -0.463 e. The van der Waals surface area contributed by atoms with Crippen LogP contribution in [0.4, 0.5) is 0 Å². The van der Waals surface area contributed by atoms with Gasteiger partial charge in [0.2, 0.25) is 11.7 Å². The first-order valence-corrected chi connectivity index (χ1v) is 13.0. The number of nitrogens with zero attached hydrogens (tertiary/aromatic N) is 2. The lowest BCUT2D eigenvalue weighted by Crippen LogP contribution is -2.29. The van der Waals surface area contributed by atoms with E-state index in [9.17, 15) is 14.9 Å². The number of benzene rings is 2. The topological polar surface area (TPSA) is 118 Å². The number of allylic oxidation sites excluding steroid dienone is 2. The van der Waals surface area contributed by atoms with Crippen molar-refractivity contribution in [3.8, 4) is 17.5 Å². The Balaban J connectivity index is 1.20. The molecule has 8 nitrogen and oxygen atoms in total. The second-order valence-corrected chi connectivity index (χ2v) is 10.0. The number of rotatable bonds is 7. The first-order chi connectivity index (χ1) is 18.9. The molecule has 1 N–H and O–H groups in total. The van der Waals surface area contributed by atoms with Gasteiger partial charge >= 0.3 is 5.97 Å². The summed E-state index contributed by atoms with van der Waals surface area (Å²) in [4.78, 5) is 29.0. The number of hydrogen-bond acceptors (Lipinski definition) is 7. The molecule has 0 aliphatic heterocycles. The molecule has 0 saturated heterocycles. The maximum absolute atomic E-state index is 12.8. The Morgan fingerprint density at radius 1 is 1.15 bits per heavy atom. The molecule has 5 rings (SSSR count). The number of fused-ring (bicyclic) bond motifs is 1. The van der Waals surface area contributed by atoms with Gasteiger partial charge in [-0.15, -0.1) is 0 Å². The highest BCUT2D eigenvalue weighted by molar-refractivity contribution is 5.94. The van der Waals surface area contributed by atoms with Gasteiger partial charge < -0.3 is 18.9 Å². The first kappa shape index (κ1) is 26.0. The molecule has 4 aromatic rings. The van der Waals surface area contributed by atoms with E-state index >= 15 is 0 Å². The summed E-state index contributed by atoms with van der Waals surface area (Å²) in [7, 11) is 1.32. The number of amides is 1. The van der Waals surface area contributed by atoms with Crippen molar-refractivity contribution in [2.24, 2.45) is 5.92 Å². The molecule has 1 aliphatic rings. The van der Waals surface area contributed by atoms with Crippen LogP contribution in [-0.2, 0) is 4.74 Å². The molecule has 0 radical (unpaired) electrons. The highest BCUT2D eigenvalue weighted by Crippen LogP contribution is 2.32. The molecule has 1 aliphatic carbocycles. The predicted molar refractivity (Wildman–Crippen MR) is 146 cm³/mol. The fourth-order valence-electron chi connectivity index (χ4n) is 4.80. The second-order valence-electron chi connectivity index (χ2n) is 10.0. The van der Waals surface area contributed by atoms with Crippen LogP contribution in [0.3, 0.4) is 0 Å². The summed E-state index contributed by atoms with van der Waals surface area (Å²) in [6, 6.07) is 16.3. The third-order valence-electron chi connectivity index (χ3n) is 7.04. The Morgan fingerprint density at radius 3 is 2.62 bits per heavy atom. The molecule has 0 spiro atoms. The fourth-order valence-corrected chi connectivity index (χ4v) is 4.80. The Kier molecular flexibility index (Phi) is 7.33. The highest BCUT2D eigenvalue weighted by Gasteiger charge is 2.20. The van der Waals surface area contributed by atoms with Crippen LogP contribution < -0.4 is 5.32 Å². The highest BCUT2D eigenvalue weighted by atomic mass is 16.5. The molecule has 0 unspecified atom stereocenters. The number of nitrogens with one attached hydrogen (secondary N) is 1. The number of hydrogen-bond donors (Lipinski definition) is 1. The maximum Gasteiger partial charge on any atom is 0.373 e. The zero-order chi connectivity index (χ0) is 27.5. The second kappa shape index (κ2) is 11.0. The van der Waals surface area contributed by atoms with Gasteiger partial charge in [0.1, 0.15) is 11.3 Å². The lowest BCUT2D eigenvalue weighted by atomic mass is 9.88. The van der Waals surface area contributed by atoms with Gasteiger partial charge in [0.15, 0.2) is 5.58 Å². The number of furan rings is 1. The van der Waals surface area contributed by atoms with E-state index in [0.717, 1.165) is 36.0 Å². The smallest absolute Gasteiger partial charge is 0.373 e. The van der Waals surface area contributed by atoms with Gasteiger partial charge in [-0.05, 0) is 85.2 Å². The fraction of sp³-hybridized carbons (Fsp3) is 0.290. The summed E-state index contributed by atoms with van der Waals surface area (Å²) in [6.45, 7) is 4.67. The SMILES string of the molecule is COC(=O)c1ccc(C2=CC[C@@H](CNC(=O)c3ccc(-c4nc5cc(C#N)cc(C(C)C)c5o4)cc3)CC2)o1. The third-order valence-corrected chi connectivity index (χ3v) is 7.04. The van der Waals surface area contributed by atoms with Crippen LogP contribution in [-0.4, -0.2) is 30.5 Å². The minimum absolute atomic E-state index is 0.136. The third kappa shape index (κ3) is 5.48. The number of esters is 1. The van der Waals surface area contributed by atoms with Gasteiger partial charge in [-0.1, -0.05) is 19.9 Å². The molecule has 2 aromatic carbocycles. The van der Waals surface area contributed by atoms with Crippen molar-refractivity contribution in [2.45, 2.75) is 39.0 Å². The van der Waals surface area contributed by atoms with E-state index in [4.69, 9.17) is 13.6 Å². The average Bonchev–Trinajstić information content (AvgIpc) is 3.63. The van der Waals surface area contributed by atoms with E-state index in [0.29, 0.717) is 46.3 Å². The maximum atomic E-state index is 12.8. The van der Waals surface area contributed by atoms with Gasteiger partial charge in [-0.2, -0.15) is 5.26 Å². The minimum atomic E-state index is -0.491. The zero-order valence-corrected chi connectivity index (χ0v) is 22.1. The van der Waals surface area contributed by atoms with Crippen LogP contribution in [0.2, 0.25) is 0 Å². The lowest BCUT2D eigenvalue weighted by molar-refractivity contribution is 0.0564. The summed E-state index contributed by atoms with van der Waals surface area (Å²) < 4.78 is 16.4. The van der Waals surface area contributed by atoms with Crippen LogP contribution in [0.1, 0.15) is 76.8 Å². The lowest BCUT2D eigenvalue weighted by Gasteiger charge is -2.21. The number of carbonyl (C=O) groups excluding carboxylic acids is 2. The largest absolute Gasteiger partial charge is 0.463 e. The number of carbonyl (C=O) groups is 2. The molecule has 0 fully saturated rings. The van der Waals surface area contributed by atoms with Gasteiger partial charge in [0.05, 0.1) is 18.7 Å². The molecular weight excluding hydrogens is 494 g/mol. The summed E-state index contributed by atoms with van der Waals surface area (Å²) in [5.41, 5.74) is 5.20. The van der Waals surface area contributed by atoms with E-state index < -0.39 is 5.97 Å². The number of methoxy groups -OCH3 is 1. The van der Waals surface area contributed by atoms with E-state index in [2.05, 4.69) is 36.3 Å². The van der Waals surface area contributed by atoms with Gasteiger partial charge in [-0.3, -0.25) is 4.79 Å². The van der Waals surface area contributed by atoms with Crippen LogP contribution >= 0.6 is 0 Å². The molecule has 0 saturated carbocycles. The van der Waals surface area contributed by atoms with Crippen molar-refractivity contribution in [1.82, 2.24) is 10.3 Å². The zero-order valence-electron chi connectivity index (χ0n) is 22.1. The molecule has 1 amide bonds. The number of nitriles is 1. The van der Waals surface area contributed by atoms with Crippen LogP contribution in [0.15, 0.2) is 63.4 Å². The van der Waals surface area contributed by atoms with Gasteiger partial charge in [0.25, 0.3) is 5.91 Å². The number of oxazole rings is 1. The van der Waals surface area contributed by atoms with E-state index in [1.165, 1.54) is 7.11 Å².